The van der Waals surface area contributed by atoms with Crippen LogP contribution >= 0.6 is 0 Å². The number of ether oxygens (including phenoxy) is 2. The second-order valence-corrected chi connectivity index (χ2v) is 16.3. The van der Waals surface area contributed by atoms with E-state index in [2.05, 4.69) is 6.92 Å². The molecule has 0 radical (unpaired) electrons. The van der Waals surface area contributed by atoms with Crippen molar-refractivity contribution in [3.63, 3.8) is 0 Å². The smallest absolute Gasteiger partial charge is 0.312 e. The molecular weight excluding hydrogens is 514 g/mol. The fraction of sp³-hybridized carbons (Fsp3) is 0.914. The van der Waals surface area contributed by atoms with Crippen LogP contribution in [-0.2, 0) is 19.1 Å². The van der Waals surface area contributed by atoms with Crippen molar-refractivity contribution in [1.29, 1.82) is 5.26 Å². The van der Waals surface area contributed by atoms with Crippen LogP contribution in [0.2, 0.25) is 0 Å². The minimum atomic E-state index is -0.365. The summed E-state index contributed by atoms with van der Waals surface area (Å²) in [6.07, 6.45) is 13.3. The van der Waals surface area contributed by atoms with Crippen molar-refractivity contribution < 1.29 is 24.2 Å². The summed E-state index contributed by atoms with van der Waals surface area (Å²) in [6.45, 7) is 13.5. The van der Waals surface area contributed by atoms with Crippen LogP contribution < -0.4 is 0 Å². The van der Waals surface area contributed by atoms with Gasteiger partial charge in [-0.2, -0.15) is 5.26 Å². The number of aliphatic hydroxyl groups is 1. The Balaban J connectivity index is 0.000000163. The predicted molar refractivity (Wildman–Crippen MR) is 157 cm³/mol. The molecule has 0 spiro atoms. The lowest BCUT2D eigenvalue weighted by atomic mass is 9.34. The quantitative estimate of drug-likeness (QED) is 0.339. The molecule has 0 amide bonds. The molecule has 3 unspecified atom stereocenters. The number of hydrogen-bond donors (Lipinski definition) is 1. The van der Waals surface area contributed by atoms with Gasteiger partial charge in [-0.3, -0.25) is 9.59 Å². The maximum absolute atomic E-state index is 12.7. The molecule has 6 nitrogen and oxygen atoms in total. The zero-order valence-electron chi connectivity index (χ0n) is 26.7. The molecule has 41 heavy (non-hydrogen) atoms. The first kappa shape index (κ1) is 30.8. The monoisotopic (exact) mass is 569 g/mol. The van der Waals surface area contributed by atoms with Gasteiger partial charge >= 0.3 is 11.9 Å². The van der Waals surface area contributed by atoms with E-state index in [1.165, 1.54) is 26.2 Å². The molecule has 230 valence electrons. The minimum Gasteiger partial charge on any atom is -0.462 e. The summed E-state index contributed by atoms with van der Waals surface area (Å²) >= 11 is 0. The van der Waals surface area contributed by atoms with Crippen molar-refractivity contribution in [2.24, 2.45) is 58.2 Å². The van der Waals surface area contributed by atoms with Crippen molar-refractivity contribution in [3.05, 3.63) is 0 Å². The van der Waals surface area contributed by atoms with Crippen molar-refractivity contribution in [3.8, 4) is 6.07 Å². The molecule has 9 aliphatic rings. The van der Waals surface area contributed by atoms with Gasteiger partial charge in [0.2, 0.25) is 0 Å². The van der Waals surface area contributed by atoms with Crippen LogP contribution in [0.15, 0.2) is 0 Å². The number of carbonyl (C=O) groups is 2. The highest BCUT2D eigenvalue weighted by molar-refractivity contribution is 5.76. The number of esters is 2. The fourth-order valence-electron chi connectivity index (χ4n) is 10.2. The maximum Gasteiger partial charge on any atom is 0.312 e. The Hall–Kier alpha value is -1.61. The van der Waals surface area contributed by atoms with Crippen LogP contribution in [0.25, 0.3) is 0 Å². The Morgan fingerprint density at radius 3 is 1.63 bits per heavy atom. The van der Waals surface area contributed by atoms with E-state index >= 15 is 0 Å². The molecular formula is C35H55NO5. The minimum absolute atomic E-state index is 0.00236. The van der Waals surface area contributed by atoms with E-state index in [-0.39, 0.29) is 40.1 Å². The highest BCUT2D eigenvalue weighted by Crippen LogP contribution is 2.73. The largest absolute Gasteiger partial charge is 0.462 e. The van der Waals surface area contributed by atoms with Gasteiger partial charge in [0.15, 0.2) is 0 Å². The molecule has 0 aromatic carbocycles. The number of nitrogens with zero attached hydrogens (tertiary/aromatic N) is 1. The average Bonchev–Trinajstić information content (AvgIpc) is 3.55. The van der Waals surface area contributed by atoms with Gasteiger partial charge in [0.05, 0.1) is 22.5 Å². The van der Waals surface area contributed by atoms with E-state index in [1.54, 1.807) is 6.07 Å². The van der Waals surface area contributed by atoms with Gasteiger partial charge in [0, 0.05) is 6.92 Å². The van der Waals surface area contributed by atoms with Gasteiger partial charge < -0.3 is 14.6 Å². The average molecular weight is 570 g/mol. The molecule has 9 fully saturated rings. The predicted octanol–water partition coefficient (Wildman–Crippen LogP) is 7.23. The first-order valence-electron chi connectivity index (χ1n) is 16.7. The Morgan fingerprint density at radius 1 is 0.805 bits per heavy atom. The molecule has 0 aliphatic heterocycles. The highest BCUT2D eigenvalue weighted by Gasteiger charge is 2.71. The first-order valence-corrected chi connectivity index (χ1v) is 16.7. The van der Waals surface area contributed by atoms with E-state index < -0.39 is 0 Å². The molecule has 0 heterocycles. The molecule has 6 heteroatoms. The van der Waals surface area contributed by atoms with Crippen LogP contribution in [0.3, 0.4) is 0 Å². The third kappa shape index (κ3) is 5.47. The van der Waals surface area contributed by atoms with Gasteiger partial charge in [-0.1, -0.05) is 13.8 Å². The van der Waals surface area contributed by atoms with Crippen molar-refractivity contribution in [2.45, 2.75) is 143 Å². The molecule has 0 aromatic rings. The molecule has 9 saturated carbocycles. The summed E-state index contributed by atoms with van der Waals surface area (Å²) in [5, 5.41) is 18.2. The molecule has 0 saturated heterocycles. The van der Waals surface area contributed by atoms with Crippen molar-refractivity contribution in [1.82, 2.24) is 0 Å². The van der Waals surface area contributed by atoms with Gasteiger partial charge in [0.1, 0.15) is 11.7 Å². The molecule has 10 bridgehead atoms. The van der Waals surface area contributed by atoms with Gasteiger partial charge in [-0.25, -0.2) is 0 Å². The lowest BCUT2D eigenvalue weighted by Crippen LogP contribution is -2.71. The third-order valence-electron chi connectivity index (χ3n) is 13.1. The summed E-state index contributed by atoms with van der Waals surface area (Å²) in [5.41, 5.74) is -1.18. The van der Waals surface area contributed by atoms with Crippen LogP contribution in [0.4, 0.5) is 0 Å². The van der Waals surface area contributed by atoms with Gasteiger partial charge in [-0.15, -0.1) is 0 Å². The molecule has 9 aliphatic carbocycles. The van der Waals surface area contributed by atoms with E-state index in [9.17, 15) is 14.7 Å². The van der Waals surface area contributed by atoms with Crippen LogP contribution in [0.5, 0.6) is 0 Å². The number of hydrogen-bond acceptors (Lipinski definition) is 6. The zero-order valence-corrected chi connectivity index (χ0v) is 26.7. The SMILES string of the molecule is CC#N.CCC(C)(C)C(=O)OC12CC3C4CC5(O)CC3C(C1)C(C5)C4C2.CCC(C)(C)C(=O)OC1CC2CCC1C2. The fourth-order valence-corrected chi connectivity index (χ4v) is 10.2. The second kappa shape index (κ2) is 10.8. The van der Waals surface area contributed by atoms with Gasteiger partial charge in [0.25, 0.3) is 0 Å². The number of rotatable bonds is 6. The highest BCUT2D eigenvalue weighted by atomic mass is 16.6. The van der Waals surface area contributed by atoms with E-state index in [0.717, 1.165) is 63.7 Å². The summed E-state index contributed by atoms with van der Waals surface area (Å²) in [4.78, 5) is 24.6. The van der Waals surface area contributed by atoms with Crippen LogP contribution in [0.1, 0.15) is 126 Å². The van der Waals surface area contributed by atoms with E-state index in [1.807, 2.05) is 34.6 Å². The van der Waals surface area contributed by atoms with Gasteiger partial charge in [-0.05, 0) is 152 Å². The maximum atomic E-state index is 12.7. The summed E-state index contributed by atoms with van der Waals surface area (Å²) in [6, 6.07) is 1.75. The molecule has 0 aromatic heterocycles. The second-order valence-electron chi connectivity index (χ2n) is 16.3. The normalized spacial score (nSPS) is 43.9. The topological polar surface area (TPSA) is 96.6 Å². The zero-order chi connectivity index (χ0) is 30.0. The summed E-state index contributed by atoms with van der Waals surface area (Å²) < 4.78 is 11.9. The Bertz CT molecular complexity index is 992. The number of fused-ring (bicyclic) bond motifs is 2. The summed E-state index contributed by atoms with van der Waals surface area (Å²) in [5.74, 6) is 5.79. The molecule has 1 N–H and O–H groups in total. The number of nitriles is 1. The van der Waals surface area contributed by atoms with E-state index in [4.69, 9.17) is 14.7 Å². The van der Waals surface area contributed by atoms with Crippen molar-refractivity contribution >= 4 is 11.9 Å². The lowest BCUT2D eigenvalue weighted by Gasteiger charge is -2.73. The van der Waals surface area contributed by atoms with Crippen molar-refractivity contribution in [2.75, 3.05) is 0 Å². The first-order chi connectivity index (χ1) is 19.2. The van der Waals surface area contributed by atoms with Crippen LogP contribution in [0, 0.1) is 69.5 Å². The lowest BCUT2D eigenvalue weighted by molar-refractivity contribution is -0.294. The Kier molecular flexibility index (Phi) is 8.15. The van der Waals surface area contributed by atoms with Crippen LogP contribution in [-0.4, -0.2) is 34.4 Å². The third-order valence-corrected chi connectivity index (χ3v) is 13.1. The standard InChI is InChI=1S/C20H30O3.C13H22O2.C2H3N/c1-4-18(2,3)17(21)23-20-8-14-11-5-19(22)6-12(14)16(10-20)13(7-19)15(11)9-20;1-4-13(2,3)12(14)15-11-8-9-5-6-10(11)7-9;1-2-3/h11-16,22H,4-10H2,1-3H3;9-11H,4-8H2,1-3H3;1H3. The van der Waals surface area contributed by atoms with E-state index in [0.29, 0.717) is 41.4 Å². The Morgan fingerprint density at radius 2 is 1.24 bits per heavy atom. The number of carbonyl (C=O) groups excluding carboxylic acids is 2. The molecule has 3 atom stereocenters. The Labute approximate surface area is 248 Å². The molecule has 9 rings (SSSR count). The summed E-state index contributed by atoms with van der Waals surface area (Å²) in [7, 11) is 0.